The third-order valence-corrected chi connectivity index (χ3v) is 4.63. The molecule has 2 aliphatic carbocycles. The zero-order valence-corrected chi connectivity index (χ0v) is 11.9. The molecule has 0 bridgehead atoms. The number of ketones is 1. The van der Waals surface area contributed by atoms with Crippen LogP contribution in [0.25, 0.3) is 0 Å². The number of hydrogen-bond acceptors (Lipinski definition) is 3. The molecule has 1 atom stereocenters. The molecule has 2 rings (SSSR count). The van der Waals surface area contributed by atoms with E-state index in [2.05, 4.69) is 11.8 Å². The number of nitrogens with zero attached hydrogens (tertiary/aromatic N) is 1. The van der Waals surface area contributed by atoms with Crippen molar-refractivity contribution in [3.05, 3.63) is 0 Å². The quantitative estimate of drug-likeness (QED) is 0.665. The predicted molar refractivity (Wildman–Crippen MR) is 72.6 cm³/mol. The van der Waals surface area contributed by atoms with E-state index in [0.717, 1.165) is 31.9 Å². The summed E-state index contributed by atoms with van der Waals surface area (Å²) >= 11 is 0. The Bertz CT molecular complexity index is 270. The smallest absolute Gasteiger partial charge is 0.149 e. The van der Waals surface area contributed by atoms with Gasteiger partial charge in [-0.15, -0.1) is 0 Å². The van der Waals surface area contributed by atoms with Crippen molar-refractivity contribution in [2.45, 2.75) is 51.5 Å². The second-order valence-electron chi connectivity index (χ2n) is 5.99. The van der Waals surface area contributed by atoms with Gasteiger partial charge in [-0.05, 0) is 38.5 Å². The maximum atomic E-state index is 12.3. The molecular weight excluding hydrogens is 226 g/mol. The summed E-state index contributed by atoms with van der Waals surface area (Å²) in [5.41, 5.74) is 0. The lowest BCUT2D eigenvalue weighted by molar-refractivity contribution is -0.124. The van der Waals surface area contributed by atoms with Crippen molar-refractivity contribution in [3.63, 3.8) is 0 Å². The third-order valence-electron chi connectivity index (χ3n) is 4.63. The summed E-state index contributed by atoms with van der Waals surface area (Å²) in [6.45, 7) is 4.54. The molecule has 0 aliphatic heterocycles. The molecule has 104 valence electrons. The highest BCUT2D eigenvalue weighted by atomic mass is 16.5. The molecule has 18 heavy (non-hydrogen) atoms. The standard InChI is InChI=1S/C15H27NO2/c1-12(13-7-8-13)16(9-10-18-2)11-15(17)14-5-3-4-6-14/h12-14H,3-11H2,1-2H3. The van der Waals surface area contributed by atoms with E-state index >= 15 is 0 Å². The van der Waals surface area contributed by atoms with Crippen LogP contribution in [0, 0.1) is 11.8 Å². The van der Waals surface area contributed by atoms with Gasteiger partial charge in [-0.1, -0.05) is 12.8 Å². The number of Topliss-reactive ketones (excluding diaryl/α,β-unsaturated/α-hetero) is 1. The normalized spacial score (nSPS) is 22.6. The lowest BCUT2D eigenvalue weighted by atomic mass is 10.0. The van der Waals surface area contributed by atoms with E-state index in [4.69, 9.17) is 4.74 Å². The molecule has 0 saturated heterocycles. The summed E-state index contributed by atoms with van der Waals surface area (Å²) in [6, 6.07) is 0.547. The second-order valence-corrected chi connectivity index (χ2v) is 5.99. The minimum Gasteiger partial charge on any atom is -0.383 e. The molecule has 0 radical (unpaired) electrons. The maximum Gasteiger partial charge on any atom is 0.149 e. The summed E-state index contributed by atoms with van der Waals surface area (Å²) in [7, 11) is 1.73. The van der Waals surface area contributed by atoms with Gasteiger partial charge in [0.15, 0.2) is 0 Å². The monoisotopic (exact) mass is 253 g/mol. The van der Waals surface area contributed by atoms with Gasteiger partial charge in [0.1, 0.15) is 5.78 Å². The van der Waals surface area contributed by atoms with Gasteiger partial charge in [-0.2, -0.15) is 0 Å². The van der Waals surface area contributed by atoms with Crippen molar-refractivity contribution < 1.29 is 9.53 Å². The third kappa shape index (κ3) is 3.79. The maximum absolute atomic E-state index is 12.3. The van der Waals surface area contributed by atoms with Crippen molar-refractivity contribution in [2.24, 2.45) is 11.8 Å². The zero-order valence-electron chi connectivity index (χ0n) is 11.9. The number of rotatable bonds is 8. The molecule has 0 aromatic rings. The van der Waals surface area contributed by atoms with Crippen molar-refractivity contribution in [1.82, 2.24) is 4.90 Å². The molecule has 0 amide bonds. The lowest BCUT2D eigenvalue weighted by Crippen LogP contribution is -2.42. The highest BCUT2D eigenvalue weighted by Gasteiger charge is 2.33. The number of ether oxygens (including phenoxy) is 1. The van der Waals surface area contributed by atoms with E-state index in [0.29, 0.717) is 24.3 Å². The molecule has 3 heteroatoms. The average Bonchev–Trinajstić information content (AvgIpc) is 3.08. The van der Waals surface area contributed by atoms with Crippen LogP contribution in [0.15, 0.2) is 0 Å². The first-order chi connectivity index (χ1) is 8.72. The molecule has 1 unspecified atom stereocenters. The highest BCUT2D eigenvalue weighted by Crippen LogP contribution is 2.35. The second kappa shape index (κ2) is 6.67. The van der Waals surface area contributed by atoms with Gasteiger partial charge < -0.3 is 4.74 Å². The molecule has 0 aromatic heterocycles. The molecule has 0 spiro atoms. The van der Waals surface area contributed by atoms with E-state index in [1.54, 1.807) is 7.11 Å². The Morgan fingerprint density at radius 3 is 2.50 bits per heavy atom. The summed E-state index contributed by atoms with van der Waals surface area (Å²) < 4.78 is 5.18. The van der Waals surface area contributed by atoms with Gasteiger partial charge in [0.05, 0.1) is 13.2 Å². The molecule has 0 heterocycles. The van der Waals surface area contributed by atoms with Gasteiger partial charge in [-0.3, -0.25) is 9.69 Å². The first kappa shape index (κ1) is 14.0. The van der Waals surface area contributed by atoms with Crippen molar-refractivity contribution >= 4 is 5.78 Å². The Balaban J connectivity index is 1.84. The topological polar surface area (TPSA) is 29.5 Å². The van der Waals surface area contributed by atoms with E-state index in [-0.39, 0.29) is 0 Å². The Hall–Kier alpha value is -0.410. The fraction of sp³-hybridized carbons (Fsp3) is 0.933. The van der Waals surface area contributed by atoms with E-state index in [9.17, 15) is 4.79 Å². The molecule has 2 aliphatic rings. The van der Waals surface area contributed by atoms with Crippen molar-refractivity contribution in [3.8, 4) is 0 Å². The number of carbonyl (C=O) groups excluding carboxylic acids is 1. The largest absolute Gasteiger partial charge is 0.383 e. The number of carbonyl (C=O) groups is 1. The summed E-state index contributed by atoms with van der Waals surface area (Å²) in [6.07, 6.45) is 7.40. The van der Waals surface area contributed by atoms with Crippen LogP contribution in [0.3, 0.4) is 0 Å². The molecule has 0 N–H and O–H groups in total. The van der Waals surface area contributed by atoms with Crippen LogP contribution in [0.1, 0.15) is 45.4 Å². The predicted octanol–water partition coefficient (Wildman–Crippen LogP) is 2.49. The van der Waals surface area contributed by atoms with Crippen LogP contribution in [-0.2, 0) is 9.53 Å². The Morgan fingerprint density at radius 2 is 1.94 bits per heavy atom. The molecule has 2 fully saturated rings. The van der Waals surface area contributed by atoms with Crippen LogP contribution < -0.4 is 0 Å². The molecular formula is C15H27NO2. The molecule has 0 aromatic carbocycles. The van der Waals surface area contributed by atoms with Crippen LogP contribution in [0.2, 0.25) is 0 Å². The van der Waals surface area contributed by atoms with Gasteiger partial charge in [0.2, 0.25) is 0 Å². The van der Waals surface area contributed by atoms with E-state index in [1.165, 1.54) is 25.7 Å². The summed E-state index contributed by atoms with van der Waals surface area (Å²) in [4.78, 5) is 14.6. The van der Waals surface area contributed by atoms with Crippen LogP contribution in [0.4, 0.5) is 0 Å². The van der Waals surface area contributed by atoms with E-state index in [1.807, 2.05) is 0 Å². The lowest BCUT2D eigenvalue weighted by Gasteiger charge is -2.29. The van der Waals surface area contributed by atoms with Crippen LogP contribution >= 0.6 is 0 Å². The fourth-order valence-corrected chi connectivity index (χ4v) is 3.09. The number of hydrogen-bond donors (Lipinski definition) is 0. The minimum atomic E-state index is 0.349. The van der Waals surface area contributed by atoms with Gasteiger partial charge in [0.25, 0.3) is 0 Å². The zero-order chi connectivity index (χ0) is 13.0. The highest BCUT2D eigenvalue weighted by molar-refractivity contribution is 5.83. The average molecular weight is 253 g/mol. The molecule has 3 nitrogen and oxygen atoms in total. The Kier molecular flexibility index (Phi) is 5.19. The summed E-state index contributed by atoms with van der Waals surface area (Å²) in [5, 5.41) is 0. The van der Waals surface area contributed by atoms with Crippen molar-refractivity contribution in [1.29, 1.82) is 0 Å². The van der Waals surface area contributed by atoms with E-state index < -0.39 is 0 Å². The Morgan fingerprint density at radius 1 is 1.28 bits per heavy atom. The van der Waals surface area contributed by atoms with Crippen molar-refractivity contribution in [2.75, 3.05) is 26.8 Å². The van der Waals surface area contributed by atoms with Gasteiger partial charge >= 0.3 is 0 Å². The van der Waals surface area contributed by atoms with Crippen LogP contribution in [0.5, 0.6) is 0 Å². The molecule has 2 saturated carbocycles. The van der Waals surface area contributed by atoms with Crippen LogP contribution in [-0.4, -0.2) is 43.5 Å². The SMILES string of the molecule is COCCN(CC(=O)C1CCCC1)C(C)C1CC1. The Labute approximate surface area is 111 Å². The van der Waals surface area contributed by atoms with Gasteiger partial charge in [0, 0.05) is 25.6 Å². The first-order valence-electron chi connectivity index (χ1n) is 7.48. The minimum absolute atomic E-state index is 0.349. The first-order valence-corrected chi connectivity index (χ1v) is 7.48. The summed E-state index contributed by atoms with van der Waals surface area (Å²) in [5.74, 6) is 1.63. The van der Waals surface area contributed by atoms with Gasteiger partial charge in [-0.25, -0.2) is 0 Å². The number of methoxy groups -OCH3 is 1. The fourth-order valence-electron chi connectivity index (χ4n) is 3.09.